The monoisotopic (exact) mass is 606 g/mol. The molecule has 2 heterocycles. The maximum atomic E-state index is 4.71. The molecule has 4 aromatic carbocycles. The van der Waals surface area contributed by atoms with Gasteiger partial charge in [-0.2, -0.15) is 19.3 Å². The summed E-state index contributed by atoms with van der Waals surface area (Å²) in [5.41, 5.74) is 6.87. The Labute approximate surface area is 272 Å². The highest BCUT2D eigenvalue weighted by atomic mass is 15.4. The van der Waals surface area contributed by atoms with Crippen LogP contribution in [-0.2, 0) is 13.1 Å². The number of aromatic nitrogens is 2. The summed E-state index contributed by atoms with van der Waals surface area (Å²) in [5, 5.41) is 15.7. The van der Waals surface area contributed by atoms with Crippen molar-refractivity contribution in [1.29, 1.82) is 0 Å². The van der Waals surface area contributed by atoms with Gasteiger partial charge in [0.05, 0.1) is 34.6 Å². The molecule has 0 aliphatic heterocycles. The van der Waals surface area contributed by atoms with Crippen molar-refractivity contribution >= 4 is 45.6 Å². The summed E-state index contributed by atoms with van der Waals surface area (Å²) in [7, 11) is 3.96. The normalized spacial score (nSPS) is 11.6. The van der Waals surface area contributed by atoms with Crippen molar-refractivity contribution in [2.75, 3.05) is 24.1 Å². The SMILES string of the molecule is CN(N=Cc1cc[n+](CCCCCC[n+]2ccc(C=NN(C)c3ccccc3)c3ccccc32)c2ccccc12)c1ccccc1. The summed E-state index contributed by atoms with van der Waals surface area (Å²) < 4.78 is 4.76. The molecule has 0 aliphatic carbocycles. The zero-order chi connectivity index (χ0) is 31.6. The van der Waals surface area contributed by atoms with Crippen molar-refractivity contribution in [3.05, 3.63) is 145 Å². The van der Waals surface area contributed by atoms with Gasteiger partial charge in [0.2, 0.25) is 11.0 Å². The predicted molar refractivity (Wildman–Crippen MR) is 192 cm³/mol. The van der Waals surface area contributed by atoms with Crippen LogP contribution in [0.1, 0.15) is 36.8 Å². The quantitative estimate of drug-likeness (QED) is 0.0583. The number of para-hydroxylation sites is 4. The molecule has 0 atom stereocenters. The summed E-state index contributed by atoms with van der Waals surface area (Å²) in [4.78, 5) is 0. The molecule has 6 aromatic rings. The summed E-state index contributed by atoms with van der Waals surface area (Å²) in [6.07, 6.45) is 13.0. The van der Waals surface area contributed by atoms with Crippen LogP contribution in [0.15, 0.2) is 144 Å². The number of nitrogens with zero attached hydrogens (tertiary/aromatic N) is 6. The molecule has 6 heteroatoms. The molecule has 0 spiro atoms. The first-order chi connectivity index (χ1) is 22.7. The van der Waals surface area contributed by atoms with Crippen molar-refractivity contribution in [1.82, 2.24) is 0 Å². The van der Waals surface area contributed by atoms with Gasteiger partial charge in [0.15, 0.2) is 12.4 Å². The highest BCUT2D eigenvalue weighted by Crippen LogP contribution is 2.18. The average molecular weight is 607 g/mol. The molecule has 0 fully saturated rings. The summed E-state index contributed by atoms with van der Waals surface area (Å²) >= 11 is 0. The zero-order valence-electron chi connectivity index (χ0n) is 26.8. The van der Waals surface area contributed by atoms with Crippen LogP contribution in [0.2, 0.25) is 0 Å². The fraction of sp³-hybridized carbons (Fsp3) is 0.200. The summed E-state index contributed by atoms with van der Waals surface area (Å²) in [6, 6.07) is 42.0. The third kappa shape index (κ3) is 7.46. The second kappa shape index (κ2) is 15.1. The minimum Gasteiger partial charge on any atom is -0.269 e. The first kappa shape index (κ1) is 30.7. The molecule has 0 N–H and O–H groups in total. The third-order valence-corrected chi connectivity index (χ3v) is 8.46. The number of hydrogen-bond acceptors (Lipinski definition) is 4. The molecular formula is C40H42N6+2. The zero-order valence-corrected chi connectivity index (χ0v) is 26.8. The Hall–Kier alpha value is -5.36. The van der Waals surface area contributed by atoms with E-state index in [0.29, 0.717) is 0 Å². The van der Waals surface area contributed by atoms with Gasteiger partial charge in [0.25, 0.3) is 0 Å². The molecule has 46 heavy (non-hydrogen) atoms. The Morgan fingerprint density at radius 1 is 0.478 bits per heavy atom. The average Bonchev–Trinajstić information content (AvgIpc) is 3.12. The van der Waals surface area contributed by atoms with E-state index >= 15 is 0 Å². The van der Waals surface area contributed by atoms with Gasteiger partial charge in [0, 0.05) is 62.3 Å². The van der Waals surface area contributed by atoms with E-state index in [1.165, 1.54) is 34.6 Å². The van der Waals surface area contributed by atoms with Crippen molar-refractivity contribution < 1.29 is 9.13 Å². The molecule has 0 unspecified atom stereocenters. The number of unbranched alkanes of at least 4 members (excludes halogenated alkanes) is 3. The fourth-order valence-electron chi connectivity index (χ4n) is 5.87. The van der Waals surface area contributed by atoms with Crippen LogP contribution in [0.3, 0.4) is 0 Å². The number of aryl methyl sites for hydroxylation is 2. The van der Waals surface area contributed by atoms with Gasteiger partial charge in [-0.1, -0.05) is 60.7 Å². The molecule has 2 aromatic heterocycles. The van der Waals surface area contributed by atoms with E-state index < -0.39 is 0 Å². The number of hydrazone groups is 2. The van der Waals surface area contributed by atoms with Crippen LogP contribution < -0.4 is 19.2 Å². The third-order valence-electron chi connectivity index (χ3n) is 8.46. The first-order valence-corrected chi connectivity index (χ1v) is 16.2. The number of fused-ring (bicyclic) bond motifs is 2. The lowest BCUT2D eigenvalue weighted by Crippen LogP contribution is -2.35. The molecule has 0 aliphatic rings. The van der Waals surface area contributed by atoms with Crippen LogP contribution in [0.4, 0.5) is 11.4 Å². The van der Waals surface area contributed by atoms with Gasteiger partial charge < -0.3 is 0 Å². The topological polar surface area (TPSA) is 39.0 Å². The van der Waals surface area contributed by atoms with E-state index in [0.717, 1.165) is 48.4 Å². The Morgan fingerprint density at radius 3 is 1.30 bits per heavy atom. The molecule has 0 bridgehead atoms. The second-order valence-electron chi connectivity index (χ2n) is 11.6. The fourth-order valence-corrected chi connectivity index (χ4v) is 5.87. The van der Waals surface area contributed by atoms with Gasteiger partial charge in [0.1, 0.15) is 13.1 Å². The van der Waals surface area contributed by atoms with Gasteiger partial charge in [-0.05, 0) is 49.2 Å². The largest absolute Gasteiger partial charge is 0.269 e. The van der Waals surface area contributed by atoms with Crippen LogP contribution in [0.25, 0.3) is 21.8 Å². The molecule has 230 valence electrons. The van der Waals surface area contributed by atoms with E-state index in [1.54, 1.807) is 0 Å². The van der Waals surface area contributed by atoms with E-state index in [9.17, 15) is 0 Å². The van der Waals surface area contributed by atoms with Crippen LogP contribution in [0, 0.1) is 0 Å². The highest BCUT2D eigenvalue weighted by molar-refractivity contribution is 5.97. The molecule has 0 amide bonds. The van der Waals surface area contributed by atoms with E-state index in [-0.39, 0.29) is 0 Å². The molecule has 6 nitrogen and oxygen atoms in total. The van der Waals surface area contributed by atoms with E-state index in [2.05, 4.69) is 106 Å². The number of anilines is 2. The number of benzene rings is 4. The Balaban J connectivity index is 1.04. The smallest absolute Gasteiger partial charge is 0.213 e. The van der Waals surface area contributed by atoms with Crippen molar-refractivity contribution in [3.8, 4) is 0 Å². The standard InChI is InChI=1S/C40H42N6/c1-43(35-17-7-5-8-18-35)41-31-33-25-29-45(39-23-13-11-21-37(33)39)27-15-3-4-16-28-46-30-26-34(38-22-12-14-24-40(38)46)32-42-44(2)36-19-9-6-10-20-36/h5-14,17-26,29-32H,3-4,15-16,27-28H2,1-2H3/q+2. The lowest BCUT2D eigenvalue weighted by Gasteiger charge is -2.12. The van der Waals surface area contributed by atoms with Gasteiger partial charge >= 0.3 is 0 Å². The number of rotatable bonds is 13. The lowest BCUT2D eigenvalue weighted by molar-refractivity contribution is -0.673. The molecule has 6 rings (SSSR count). The van der Waals surface area contributed by atoms with Gasteiger partial charge in [-0.15, -0.1) is 0 Å². The van der Waals surface area contributed by atoms with Gasteiger partial charge in [-0.25, -0.2) is 0 Å². The van der Waals surface area contributed by atoms with Crippen molar-refractivity contribution in [2.45, 2.75) is 38.8 Å². The maximum Gasteiger partial charge on any atom is 0.213 e. The van der Waals surface area contributed by atoms with Crippen LogP contribution in [0.5, 0.6) is 0 Å². The molecule has 0 saturated heterocycles. The number of hydrogen-bond donors (Lipinski definition) is 0. The highest BCUT2D eigenvalue weighted by Gasteiger charge is 2.13. The van der Waals surface area contributed by atoms with Crippen molar-refractivity contribution in [2.24, 2.45) is 10.2 Å². The first-order valence-electron chi connectivity index (χ1n) is 16.2. The molecular weight excluding hydrogens is 564 g/mol. The Bertz CT molecular complexity index is 1790. The Kier molecular flexibility index (Phi) is 10.1. The lowest BCUT2D eigenvalue weighted by atomic mass is 10.1. The van der Waals surface area contributed by atoms with Crippen molar-refractivity contribution in [3.63, 3.8) is 0 Å². The maximum absolute atomic E-state index is 4.71. The minimum atomic E-state index is 1.00. The summed E-state index contributed by atoms with van der Waals surface area (Å²) in [6.45, 7) is 2.01. The van der Waals surface area contributed by atoms with E-state index in [4.69, 9.17) is 10.2 Å². The predicted octanol–water partition coefficient (Wildman–Crippen LogP) is 7.77. The molecule has 0 saturated carbocycles. The van der Waals surface area contributed by atoms with E-state index in [1.807, 2.05) is 72.9 Å². The van der Waals surface area contributed by atoms with Crippen LogP contribution >= 0.6 is 0 Å². The molecule has 0 radical (unpaired) electrons. The number of pyridine rings is 2. The van der Waals surface area contributed by atoms with Crippen LogP contribution in [-0.4, -0.2) is 26.5 Å². The summed E-state index contributed by atoms with van der Waals surface area (Å²) in [5.74, 6) is 0. The second-order valence-corrected chi connectivity index (χ2v) is 11.6. The minimum absolute atomic E-state index is 1.00. The van der Waals surface area contributed by atoms with Gasteiger partial charge in [-0.3, -0.25) is 10.0 Å². The Morgan fingerprint density at radius 2 is 0.870 bits per heavy atom.